The van der Waals surface area contributed by atoms with Crippen LogP contribution < -0.4 is 0 Å². The SMILES string of the molecule is CC(C#N)C1CCC(C)(C)CN1C(=O)OC(C)(C)C. The summed E-state index contributed by atoms with van der Waals surface area (Å²) < 4.78 is 5.47. The van der Waals surface area contributed by atoms with Crippen molar-refractivity contribution in [1.82, 2.24) is 4.90 Å². The van der Waals surface area contributed by atoms with Gasteiger partial charge in [-0.1, -0.05) is 13.8 Å². The van der Waals surface area contributed by atoms with Crippen LogP contribution in [0.15, 0.2) is 0 Å². The predicted octanol–water partition coefficient (Wildman–Crippen LogP) is 3.57. The van der Waals surface area contributed by atoms with E-state index < -0.39 is 5.60 Å². The van der Waals surface area contributed by atoms with E-state index in [2.05, 4.69) is 19.9 Å². The third-order valence-electron chi connectivity index (χ3n) is 3.52. The molecule has 1 rings (SSSR count). The Morgan fingerprint density at radius 2 is 2.05 bits per heavy atom. The van der Waals surface area contributed by atoms with E-state index in [-0.39, 0.29) is 23.5 Å². The molecule has 1 aliphatic heterocycles. The summed E-state index contributed by atoms with van der Waals surface area (Å²) in [6, 6.07) is 2.23. The summed E-state index contributed by atoms with van der Waals surface area (Å²) in [7, 11) is 0. The number of carbonyl (C=O) groups excluding carboxylic acids is 1. The van der Waals surface area contributed by atoms with E-state index in [1.54, 1.807) is 4.90 Å². The number of likely N-dealkylation sites (tertiary alicyclic amines) is 1. The van der Waals surface area contributed by atoms with Crippen LogP contribution in [0.5, 0.6) is 0 Å². The summed E-state index contributed by atoms with van der Waals surface area (Å²) >= 11 is 0. The Morgan fingerprint density at radius 3 is 2.53 bits per heavy atom. The second-order valence-electron chi connectivity index (χ2n) is 7.30. The highest BCUT2D eigenvalue weighted by Crippen LogP contribution is 2.35. The van der Waals surface area contributed by atoms with Crippen molar-refractivity contribution in [1.29, 1.82) is 5.26 Å². The Labute approximate surface area is 116 Å². The molecular weight excluding hydrogens is 240 g/mol. The molecule has 0 bridgehead atoms. The molecule has 0 radical (unpaired) electrons. The lowest BCUT2D eigenvalue weighted by Crippen LogP contribution is -2.53. The molecule has 1 amide bonds. The Morgan fingerprint density at radius 1 is 1.47 bits per heavy atom. The maximum atomic E-state index is 12.3. The van der Waals surface area contributed by atoms with E-state index >= 15 is 0 Å². The Bertz CT molecular complexity index is 377. The Balaban J connectivity index is 2.89. The molecular formula is C15H26N2O2. The minimum absolute atomic E-state index is 0.0344. The van der Waals surface area contributed by atoms with Crippen molar-refractivity contribution in [3.63, 3.8) is 0 Å². The number of hydrogen-bond donors (Lipinski definition) is 0. The van der Waals surface area contributed by atoms with Gasteiger partial charge in [0.25, 0.3) is 0 Å². The molecule has 0 aromatic carbocycles. The van der Waals surface area contributed by atoms with E-state index in [1.165, 1.54) is 0 Å². The second kappa shape index (κ2) is 5.40. The summed E-state index contributed by atoms with van der Waals surface area (Å²) in [5, 5.41) is 9.12. The van der Waals surface area contributed by atoms with Crippen LogP contribution in [-0.2, 0) is 4.74 Å². The molecule has 1 heterocycles. The van der Waals surface area contributed by atoms with Crippen LogP contribution in [0.1, 0.15) is 54.4 Å². The largest absolute Gasteiger partial charge is 0.444 e. The fraction of sp³-hybridized carbons (Fsp3) is 0.867. The second-order valence-corrected chi connectivity index (χ2v) is 7.30. The average molecular weight is 266 g/mol. The summed E-state index contributed by atoms with van der Waals surface area (Å²) in [6.45, 7) is 12.4. The zero-order valence-electron chi connectivity index (χ0n) is 13.0. The van der Waals surface area contributed by atoms with Gasteiger partial charge in [0, 0.05) is 6.54 Å². The van der Waals surface area contributed by atoms with Crippen molar-refractivity contribution in [2.75, 3.05) is 6.54 Å². The highest BCUT2D eigenvalue weighted by atomic mass is 16.6. The third-order valence-corrected chi connectivity index (χ3v) is 3.52. The van der Waals surface area contributed by atoms with Crippen molar-refractivity contribution in [3.8, 4) is 6.07 Å². The van der Waals surface area contributed by atoms with Crippen molar-refractivity contribution >= 4 is 6.09 Å². The van der Waals surface area contributed by atoms with Gasteiger partial charge in [-0.2, -0.15) is 5.26 Å². The quantitative estimate of drug-likeness (QED) is 0.729. The van der Waals surface area contributed by atoms with Crippen LogP contribution in [-0.4, -0.2) is 29.2 Å². The maximum absolute atomic E-state index is 12.3. The number of piperidine rings is 1. The highest BCUT2D eigenvalue weighted by Gasteiger charge is 2.39. The van der Waals surface area contributed by atoms with Gasteiger partial charge < -0.3 is 9.64 Å². The van der Waals surface area contributed by atoms with Crippen molar-refractivity contribution in [3.05, 3.63) is 0 Å². The zero-order valence-corrected chi connectivity index (χ0v) is 13.0. The smallest absolute Gasteiger partial charge is 0.410 e. The molecule has 2 unspecified atom stereocenters. The van der Waals surface area contributed by atoms with Gasteiger partial charge in [-0.25, -0.2) is 4.79 Å². The fourth-order valence-corrected chi connectivity index (χ4v) is 2.48. The van der Waals surface area contributed by atoms with E-state index in [0.29, 0.717) is 6.54 Å². The molecule has 0 aliphatic carbocycles. The number of hydrogen-bond acceptors (Lipinski definition) is 3. The molecule has 1 saturated heterocycles. The molecule has 0 saturated carbocycles. The van der Waals surface area contributed by atoms with Gasteiger partial charge in [0.2, 0.25) is 0 Å². The molecule has 0 aromatic rings. The molecule has 0 spiro atoms. The first-order chi connectivity index (χ1) is 8.56. The molecule has 1 aliphatic rings. The van der Waals surface area contributed by atoms with Crippen LogP contribution in [0.3, 0.4) is 0 Å². The third kappa shape index (κ3) is 4.41. The predicted molar refractivity (Wildman–Crippen MR) is 74.5 cm³/mol. The lowest BCUT2D eigenvalue weighted by molar-refractivity contribution is -0.0127. The maximum Gasteiger partial charge on any atom is 0.410 e. The molecule has 0 N–H and O–H groups in total. The Kier molecular flexibility index (Phi) is 4.50. The number of nitrogens with zero attached hydrogens (tertiary/aromatic N) is 2. The summed E-state index contributed by atoms with van der Waals surface area (Å²) in [6.07, 6.45) is 1.59. The topological polar surface area (TPSA) is 53.3 Å². The van der Waals surface area contributed by atoms with Gasteiger partial charge in [-0.15, -0.1) is 0 Å². The number of rotatable bonds is 1. The lowest BCUT2D eigenvalue weighted by Gasteiger charge is -2.44. The van der Waals surface area contributed by atoms with Crippen LogP contribution in [0.25, 0.3) is 0 Å². The molecule has 0 aromatic heterocycles. The fourth-order valence-electron chi connectivity index (χ4n) is 2.48. The monoisotopic (exact) mass is 266 g/mol. The van der Waals surface area contributed by atoms with Crippen LogP contribution in [0.2, 0.25) is 0 Å². The summed E-state index contributed by atoms with van der Waals surface area (Å²) in [5.74, 6) is -0.163. The summed E-state index contributed by atoms with van der Waals surface area (Å²) in [5.41, 5.74) is -0.415. The van der Waals surface area contributed by atoms with Crippen molar-refractivity contribution in [2.24, 2.45) is 11.3 Å². The molecule has 108 valence electrons. The van der Waals surface area contributed by atoms with Gasteiger partial charge in [-0.3, -0.25) is 0 Å². The zero-order chi connectivity index (χ0) is 14.8. The minimum atomic E-state index is -0.501. The van der Waals surface area contributed by atoms with Gasteiger partial charge >= 0.3 is 6.09 Å². The van der Waals surface area contributed by atoms with Gasteiger partial charge in [0.05, 0.1) is 18.0 Å². The number of carbonyl (C=O) groups is 1. The number of amides is 1. The van der Waals surface area contributed by atoms with E-state index in [0.717, 1.165) is 12.8 Å². The molecule has 19 heavy (non-hydrogen) atoms. The number of nitriles is 1. The van der Waals surface area contributed by atoms with Crippen LogP contribution in [0, 0.1) is 22.7 Å². The Hall–Kier alpha value is -1.24. The van der Waals surface area contributed by atoms with E-state index in [4.69, 9.17) is 10.00 Å². The average Bonchev–Trinajstić information content (AvgIpc) is 2.24. The molecule has 2 atom stereocenters. The highest BCUT2D eigenvalue weighted by molar-refractivity contribution is 5.69. The van der Waals surface area contributed by atoms with Gasteiger partial charge in [0.1, 0.15) is 5.60 Å². The summed E-state index contributed by atoms with van der Waals surface area (Å²) in [4.78, 5) is 14.1. The lowest BCUT2D eigenvalue weighted by atomic mass is 9.79. The normalized spacial score (nSPS) is 24.5. The van der Waals surface area contributed by atoms with E-state index in [9.17, 15) is 4.79 Å². The van der Waals surface area contributed by atoms with Crippen molar-refractivity contribution in [2.45, 2.75) is 66.0 Å². The minimum Gasteiger partial charge on any atom is -0.444 e. The molecule has 4 heteroatoms. The molecule has 4 nitrogen and oxygen atoms in total. The standard InChI is InChI=1S/C15H26N2O2/c1-11(9-16)12-7-8-15(5,6)10-17(12)13(18)19-14(2,3)4/h11-12H,7-8,10H2,1-6H3. The van der Waals surface area contributed by atoms with E-state index in [1.807, 2.05) is 27.7 Å². The molecule has 1 fully saturated rings. The van der Waals surface area contributed by atoms with Crippen LogP contribution in [0.4, 0.5) is 4.79 Å². The first kappa shape index (κ1) is 15.8. The van der Waals surface area contributed by atoms with Gasteiger partial charge in [0.15, 0.2) is 0 Å². The first-order valence-electron chi connectivity index (χ1n) is 6.95. The van der Waals surface area contributed by atoms with Gasteiger partial charge in [-0.05, 0) is 46.0 Å². The first-order valence-corrected chi connectivity index (χ1v) is 6.95. The van der Waals surface area contributed by atoms with Crippen LogP contribution >= 0.6 is 0 Å². The number of ether oxygens (including phenoxy) is 1. The van der Waals surface area contributed by atoms with Crippen molar-refractivity contribution < 1.29 is 9.53 Å².